The zero-order chi connectivity index (χ0) is 22.7. The zero-order valence-electron chi connectivity index (χ0n) is 17.5. The topological polar surface area (TPSA) is 75.7 Å². The summed E-state index contributed by atoms with van der Waals surface area (Å²) in [6, 6.07) is 19.8. The summed E-state index contributed by atoms with van der Waals surface area (Å²) < 4.78 is 34.9. The van der Waals surface area contributed by atoms with E-state index >= 15 is 0 Å². The number of anilines is 2. The first-order valence-corrected chi connectivity index (χ1v) is 12.8. The van der Waals surface area contributed by atoms with Gasteiger partial charge >= 0.3 is 0 Å². The van der Waals surface area contributed by atoms with Gasteiger partial charge in [-0.05, 0) is 102 Å². The minimum atomic E-state index is -3.69. The molecule has 166 valence electrons. The van der Waals surface area contributed by atoms with Crippen molar-refractivity contribution in [1.29, 1.82) is 0 Å². The number of para-hydroxylation sites is 1. The van der Waals surface area contributed by atoms with Crippen LogP contribution in [0.4, 0.5) is 11.4 Å². The maximum Gasteiger partial charge on any atom is 0.264 e. The van der Waals surface area contributed by atoms with Gasteiger partial charge in [-0.3, -0.25) is 9.10 Å². The molecule has 3 aromatic carbocycles. The van der Waals surface area contributed by atoms with Crippen molar-refractivity contribution in [2.45, 2.75) is 24.7 Å². The molecule has 1 aliphatic rings. The fourth-order valence-corrected chi connectivity index (χ4v) is 5.68. The minimum Gasteiger partial charge on any atom is -0.483 e. The molecular formula is C24H23IN2O4S. The Morgan fingerprint density at radius 2 is 1.84 bits per heavy atom. The summed E-state index contributed by atoms with van der Waals surface area (Å²) >= 11 is 2.20. The van der Waals surface area contributed by atoms with Gasteiger partial charge in [0.25, 0.3) is 15.9 Å². The van der Waals surface area contributed by atoms with Crippen molar-refractivity contribution in [1.82, 2.24) is 0 Å². The van der Waals surface area contributed by atoms with E-state index in [-0.39, 0.29) is 17.4 Å². The molecule has 8 heteroatoms. The first-order chi connectivity index (χ1) is 15.3. The number of rotatable bonds is 6. The van der Waals surface area contributed by atoms with Crippen LogP contribution in [0.3, 0.4) is 0 Å². The molecule has 32 heavy (non-hydrogen) atoms. The molecule has 0 spiro atoms. The van der Waals surface area contributed by atoms with E-state index in [1.807, 2.05) is 48.5 Å². The molecule has 1 amide bonds. The van der Waals surface area contributed by atoms with Gasteiger partial charge in [0, 0.05) is 15.8 Å². The number of benzene rings is 3. The number of aryl methyl sites for hydroxylation is 2. The standard InChI is InChI=1S/C24H23IN2O4S/c1-17-15-21(32(29,30)27-14-4-6-18-5-2-3-7-22(18)27)12-13-23(17)31-16-24(28)26-20-10-8-19(25)9-11-20/h2-3,5,7-13,15H,4,6,14,16H2,1H3,(H,26,28). The summed E-state index contributed by atoms with van der Waals surface area (Å²) in [5.41, 5.74) is 3.12. The maximum absolute atomic E-state index is 13.3. The number of sulfonamides is 1. The van der Waals surface area contributed by atoms with E-state index in [2.05, 4.69) is 27.9 Å². The van der Waals surface area contributed by atoms with Gasteiger partial charge in [-0.1, -0.05) is 18.2 Å². The first-order valence-electron chi connectivity index (χ1n) is 10.2. The lowest BCUT2D eigenvalue weighted by molar-refractivity contribution is -0.118. The van der Waals surface area contributed by atoms with Crippen molar-refractivity contribution in [2.75, 3.05) is 22.8 Å². The molecule has 0 radical (unpaired) electrons. The van der Waals surface area contributed by atoms with Crippen LogP contribution < -0.4 is 14.4 Å². The van der Waals surface area contributed by atoms with Crippen LogP contribution in [0, 0.1) is 10.5 Å². The van der Waals surface area contributed by atoms with Crippen LogP contribution in [0.25, 0.3) is 0 Å². The molecule has 1 heterocycles. The fraction of sp³-hybridized carbons (Fsp3) is 0.208. The van der Waals surface area contributed by atoms with Crippen molar-refractivity contribution in [3.8, 4) is 5.75 Å². The third-order valence-corrected chi connectivity index (χ3v) is 7.82. The molecule has 0 saturated carbocycles. The lowest BCUT2D eigenvalue weighted by Gasteiger charge is -2.30. The Labute approximate surface area is 201 Å². The number of hydrogen-bond acceptors (Lipinski definition) is 4. The SMILES string of the molecule is Cc1cc(S(=O)(=O)N2CCCc3ccccc32)ccc1OCC(=O)Nc1ccc(I)cc1. The minimum absolute atomic E-state index is 0.168. The van der Waals surface area contributed by atoms with Gasteiger partial charge in [0.15, 0.2) is 6.61 Å². The molecule has 6 nitrogen and oxygen atoms in total. The molecular weight excluding hydrogens is 539 g/mol. The predicted molar refractivity (Wildman–Crippen MR) is 134 cm³/mol. The van der Waals surface area contributed by atoms with E-state index in [1.165, 1.54) is 10.4 Å². The lowest BCUT2D eigenvalue weighted by atomic mass is 10.0. The fourth-order valence-electron chi connectivity index (χ4n) is 3.69. The number of nitrogens with zero attached hydrogens (tertiary/aromatic N) is 1. The highest BCUT2D eigenvalue weighted by Gasteiger charge is 2.29. The third-order valence-electron chi connectivity index (χ3n) is 5.29. The molecule has 3 aromatic rings. The van der Waals surface area contributed by atoms with Gasteiger partial charge in [0.1, 0.15) is 5.75 Å². The van der Waals surface area contributed by atoms with Crippen LogP contribution in [-0.2, 0) is 21.2 Å². The third kappa shape index (κ3) is 4.91. The normalized spacial score (nSPS) is 13.4. The molecule has 0 aliphatic carbocycles. The lowest BCUT2D eigenvalue weighted by Crippen LogP contribution is -2.35. The monoisotopic (exact) mass is 562 g/mol. The van der Waals surface area contributed by atoms with Gasteiger partial charge in [0.05, 0.1) is 10.6 Å². The molecule has 0 atom stereocenters. The molecule has 0 unspecified atom stereocenters. The van der Waals surface area contributed by atoms with E-state index in [0.717, 1.165) is 27.7 Å². The predicted octanol–water partition coefficient (Wildman–Crippen LogP) is 4.76. The van der Waals surface area contributed by atoms with Gasteiger partial charge in [0.2, 0.25) is 0 Å². The zero-order valence-corrected chi connectivity index (χ0v) is 20.5. The van der Waals surface area contributed by atoms with Crippen LogP contribution in [0.1, 0.15) is 17.5 Å². The second-order valence-electron chi connectivity index (χ2n) is 7.58. The Hall–Kier alpha value is -2.59. The summed E-state index contributed by atoms with van der Waals surface area (Å²) in [5, 5.41) is 2.78. The number of carbonyl (C=O) groups is 1. The van der Waals surface area contributed by atoms with E-state index in [0.29, 0.717) is 23.5 Å². The quantitative estimate of drug-likeness (QED) is 0.440. The largest absolute Gasteiger partial charge is 0.483 e. The van der Waals surface area contributed by atoms with E-state index in [4.69, 9.17) is 4.74 Å². The number of nitrogens with one attached hydrogen (secondary N) is 1. The van der Waals surface area contributed by atoms with Gasteiger partial charge in [-0.25, -0.2) is 8.42 Å². The van der Waals surface area contributed by atoms with Crippen LogP contribution in [0.2, 0.25) is 0 Å². The average Bonchev–Trinajstić information content (AvgIpc) is 2.79. The average molecular weight is 562 g/mol. The number of carbonyl (C=O) groups excluding carboxylic acids is 1. The second kappa shape index (κ2) is 9.50. The molecule has 4 rings (SSSR count). The van der Waals surface area contributed by atoms with Crippen LogP contribution in [0.15, 0.2) is 71.6 Å². The highest BCUT2D eigenvalue weighted by atomic mass is 127. The molecule has 0 aromatic heterocycles. The first kappa shape index (κ1) is 22.6. The van der Waals surface area contributed by atoms with Crippen molar-refractivity contribution >= 4 is 49.9 Å². The Morgan fingerprint density at radius 3 is 2.59 bits per heavy atom. The molecule has 0 fully saturated rings. The van der Waals surface area contributed by atoms with Gasteiger partial charge in [-0.2, -0.15) is 0 Å². The highest BCUT2D eigenvalue weighted by molar-refractivity contribution is 14.1. The van der Waals surface area contributed by atoms with Crippen LogP contribution in [-0.4, -0.2) is 27.5 Å². The Kier molecular flexibility index (Phi) is 6.71. The Bertz CT molecular complexity index is 1240. The Morgan fingerprint density at radius 1 is 1.09 bits per heavy atom. The molecule has 0 bridgehead atoms. The van der Waals surface area contributed by atoms with Gasteiger partial charge < -0.3 is 10.1 Å². The van der Waals surface area contributed by atoms with Crippen molar-refractivity contribution < 1.29 is 17.9 Å². The van der Waals surface area contributed by atoms with E-state index in [1.54, 1.807) is 19.1 Å². The highest BCUT2D eigenvalue weighted by Crippen LogP contribution is 2.33. The van der Waals surface area contributed by atoms with Gasteiger partial charge in [-0.15, -0.1) is 0 Å². The smallest absolute Gasteiger partial charge is 0.264 e. The summed E-state index contributed by atoms with van der Waals surface area (Å²) in [6.07, 6.45) is 1.66. The molecule has 1 aliphatic heterocycles. The summed E-state index contributed by atoms with van der Waals surface area (Å²) in [5.74, 6) is 0.188. The Balaban J connectivity index is 1.46. The van der Waals surface area contributed by atoms with E-state index in [9.17, 15) is 13.2 Å². The van der Waals surface area contributed by atoms with Crippen LogP contribution in [0.5, 0.6) is 5.75 Å². The number of fused-ring (bicyclic) bond motifs is 1. The van der Waals surface area contributed by atoms with Crippen molar-refractivity contribution in [3.05, 3.63) is 81.4 Å². The van der Waals surface area contributed by atoms with Crippen molar-refractivity contribution in [2.24, 2.45) is 0 Å². The van der Waals surface area contributed by atoms with Crippen molar-refractivity contribution in [3.63, 3.8) is 0 Å². The number of ether oxygens (including phenoxy) is 1. The number of hydrogen-bond donors (Lipinski definition) is 1. The van der Waals surface area contributed by atoms with Crippen LogP contribution >= 0.6 is 22.6 Å². The maximum atomic E-state index is 13.3. The summed E-state index contributed by atoms with van der Waals surface area (Å²) in [6.45, 7) is 2.06. The molecule has 1 N–H and O–H groups in total. The summed E-state index contributed by atoms with van der Waals surface area (Å²) in [4.78, 5) is 12.4. The number of halogens is 1. The second-order valence-corrected chi connectivity index (χ2v) is 10.7. The molecule has 0 saturated heterocycles. The van der Waals surface area contributed by atoms with E-state index < -0.39 is 10.0 Å². The number of amides is 1. The summed E-state index contributed by atoms with van der Waals surface area (Å²) in [7, 11) is -3.69.